The molecule has 2 rings (SSSR count). The van der Waals surface area contributed by atoms with Crippen molar-refractivity contribution in [1.29, 1.82) is 0 Å². The molecule has 0 unspecified atom stereocenters. The summed E-state index contributed by atoms with van der Waals surface area (Å²) in [7, 11) is 0. The second-order valence-corrected chi connectivity index (χ2v) is 3.03. The van der Waals surface area contributed by atoms with Gasteiger partial charge in [-0.05, 0) is 12.8 Å². The molecule has 0 bridgehead atoms. The van der Waals surface area contributed by atoms with Gasteiger partial charge in [0, 0.05) is 19.2 Å². The highest BCUT2D eigenvalue weighted by atomic mass is 16.3. The molecule has 0 aromatic rings. The number of hydrogen-bond donors (Lipinski definition) is 1. The Labute approximate surface area is 60.3 Å². The van der Waals surface area contributed by atoms with Crippen molar-refractivity contribution >= 4 is 6.21 Å². The molecule has 0 atom stereocenters. The largest absolute Gasteiger partial charge is 0.393 e. The number of hydrogen-bond acceptors (Lipinski definition) is 3. The first kappa shape index (κ1) is 6.16. The molecule has 56 valence electrons. The average Bonchev–Trinajstić information content (AvgIpc) is 2.31. The number of nitrogens with zero attached hydrogens (tertiary/aromatic N) is 2. The van der Waals surface area contributed by atoms with Gasteiger partial charge in [-0.25, -0.2) is 0 Å². The molecule has 0 saturated heterocycles. The van der Waals surface area contributed by atoms with Gasteiger partial charge in [-0.1, -0.05) is 0 Å². The van der Waals surface area contributed by atoms with E-state index < -0.39 is 0 Å². The Kier molecular flexibility index (Phi) is 1.38. The highest BCUT2D eigenvalue weighted by molar-refractivity contribution is 5.58. The van der Waals surface area contributed by atoms with Crippen molar-refractivity contribution in [2.45, 2.75) is 31.4 Å². The Morgan fingerprint density at radius 2 is 2.30 bits per heavy atom. The van der Waals surface area contributed by atoms with E-state index in [9.17, 15) is 0 Å². The standard InChI is InChI=1S/C7H12N2O/c10-7-4-6(5-7)9-3-1-2-8-9/h2,6-7,10H,1,3-5H2. The molecule has 3 heteroatoms. The lowest BCUT2D eigenvalue weighted by Crippen LogP contribution is -2.43. The predicted molar refractivity (Wildman–Crippen MR) is 38.8 cm³/mol. The van der Waals surface area contributed by atoms with Crippen molar-refractivity contribution in [3.05, 3.63) is 0 Å². The summed E-state index contributed by atoms with van der Waals surface area (Å²) in [6.45, 7) is 1.05. The van der Waals surface area contributed by atoms with Crippen LogP contribution in [0.2, 0.25) is 0 Å². The maximum Gasteiger partial charge on any atom is 0.0580 e. The van der Waals surface area contributed by atoms with Crippen LogP contribution in [0.5, 0.6) is 0 Å². The van der Waals surface area contributed by atoms with Gasteiger partial charge in [-0.2, -0.15) is 5.10 Å². The molecule has 0 radical (unpaired) electrons. The van der Waals surface area contributed by atoms with E-state index in [0.717, 1.165) is 25.8 Å². The van der Waals surface area contributed by atoms with E-state index in [1.807, 2.05) is 6.21 Å². The zero-order chi connectivity index (χ0) is 6.97. The predicted octanol–water partition coefficient (Wildman–Crippen LogP) is 0.201. The van der Waals surface area contributed by atoms with Gasteiger partial charge in [0.25, 0.3) is 0 Å². The van der Waals surface area contributed by atoms with Crippen LogP contribution < -0.4 is 0 Å². The fourth-order valence-electron chi connectivity index (χ4n) is 1.49. The van der Waals surface area contributed by atoms with E-state index in [0.29, 0.717) is 6.04 Å². The van der Waals surface area contributed by atoms with E-state index in [2.05, 4.69) is 10.1 Å². The summed E-state index contributed by atoms with van der Waals surface area (Å²) < 4.78 is 0. The number of aliphatic hydroxyl groups is 1. The fraction of sp³-hybridized carbons (Fsp3) is 0.857. The Bertz CT molecular complexity index is 152. The second-order valence-electron chi connectivity index (χ2n) is 3.03. The third-order valence-electron chi connectivity index (χ3n) is 2.23. The highest BCUT2D eigenvalue weighted by Gasteiger charge is 2.32. The molecule has 1 aliphatic heterocycles. The molecule has 0 aromatic heterocycles. The van der Waals surface area contributed by atoms with Crippen molar-refractivity contribution in [1.82, 2.24) is 5.01 Å². The lowest BCUT2D eigenvalue weighted by molar-refractivity contribution is 0.00722. The lowest BCUT2D eigenvalue weighted by Gasteiger charge is -2.37. The van der Waals surface area contributed by atoms with Gasteiger partial charge in [0.15, 0.2) is 0 Å². The van der Waals surface area contributed by atoms with Gasteiger partial charge in [0.1, 0.15) is 0 Å². The van der Waals surface area contributed by atoms with Gasteiger partial charge >= 0.3 is 0 Å². The summed E-state index contributed by atoms with van der Waals surface area (Å²) >= 11 is 0. The normalized spacial score (nSPS) is 38.3. The number of aliphatic hydroxyl groups excluding tert-OH is 1. The Balaban J connectivity index is 1.84. The van der Waals surface area contributed by atoms with Crippen LogP contribution in [0.25, 0.3) is 0 Å². The van der Waals surface area contributed by atoms with Crippen LogP contribution in [0, 0.1) is 0 Å². The van der Waals surface area contributed by atoms with Crippen LogP contribution in [0.3, 0.4) is 0 Å². The second kappa shape index (κ2) is 2.23. The van der Waals surface area contributed by atoms with E-state index in [-0.39, 0.29) is 6.10 Å². The molecular weight excluding hydrogens is 128 g/mol. The number of rotatable bonds is 1. The minimum absolute atomic E-state index is 0.0548. The summed E-state index contributed by atoms with van der Waals surface area (Å²) in [5.41, 5.74) is 0. The third-order valence-corrected chi connectivity index (χ3v) is 2.23. The molecule has 1 heterocycles. The summed E-state index contributed by atoms with van der Waals surface area (Å²) in [6.07, 6.45) is 4.80. The Morgan fingerprint density at radius 1 is 1.50 bits per heavy atom. The molecule has 2 aliphatic rings. The molecular formula is C7H12N2O. The van der Waals surface area contributed by atoms with Crippen molar-refractivity contribution in [2.75, 3.05) is 6.54 Å². The van der Waals surface area contributed by atoms with Crippen molar-refractivity contribution in [2.24, 2.45) is 5.10 Å². The molecule has 10 heavy (non-hydrogen) atoms. The summed E-state index contributed by atoms with van der Waals surface area (Å²) in [5.74, 6) is 0. The van der Waals surface area contributed by atoms with Gasteiger partial charge in [0.05, 0.1) is 12.1 Å². The zero-order valence-corrected chi connectivity index (χ0v) is 5.90. The fourth-order valence-corrected chi connectivity index (χ4v) is 1.49. The van der Waals surface area contributed by atoms with Gasteiger partial charge in [0.2, 0.25) is 0 Å². The maximum absolute atomic E-state index is 9.00. The first-order valence-corrected chi connectivity index (χ1v) is 3.83. The van der Waals surface area contributed by atoms with Crippen LogP contribution in [0.4, 0.5) is 0 Å². The minimum Gasteiger partial charge on any atom is -0.393 e. The molecule has 0 spiro atoms. The van der Waals surface area contributed by atoms with Crippen molar-refractivity contribution in [3.63, 3.8) is 0 Å². The SMILES string of the molecule is OC1CC(N2CCC=N2)C1. The maximum atomic E-state index is 9.00. The molecule has 0 amide bonds. The summed E-state index contributed by atoms with van der Waals surface area (Å²) in [4.78, 5) is 0. The molecule has 1 aliphatic carbocycles. The number of hydrazone groups is 1. The third kappa shape index (κ3) is 0.904. The van der Waals surface area contributed by atoms with Gasteiger partial charge in [-0.3, -0.25) is 5.01 Å². The molecule has 1 N–H and O–H groups in total. The minimum atomic E-state index is -0.0548. The van der Waals surface area contributed by atoms with E-state index >= 15 is 0 Å². The van der Waals surface area contributed by atoms with Crippen LogP contribution >= 0.6 is 0 Å². The lowest BCUT2D eigenvalue weighted by atomic mass is 9.89. The van der Waals surface area contributed by atoms with Crippen LogP contribution in [0.15, 0.2) is 5.10 Å². The summed E-state index contributed by atoms with van der Waals surface area (Å²) in [6, 6.07) is 0.536. The zero-order valence-electron chi connectivity index (χ0n) is 5.90. The topological polar surface area (TPSA) is 35.8 Å². The van der Waals surface area contributed by atoms with E-state index in [4.69, 9.17) is 5.11 Å². The average molecular weight is 140 g/mol. The van der Waals surface area contributed by atoms with Crippen LogP contribution in [-0.2, 0) is 0 Å². The van der Waals surface area contributed by atoms with Crippen molar-refractivity contribution < 1.29 is 5.11 Å². The van der Waals surface area contributed by atoms with E-state index in [1.165, 1.54) is 0 Å². The smallest absolute Gasteiger partial charge is 0.0580 e. The monoisotopic (exact) mass is 140 g/mol. The van der Waals surface area contributed by atoms with Crippen LogP contribution in [0.1, 0.15) is 19.3 Å². The van der Waals surface area contributed by atoms with Crippen molar-refractivity contribution in [3.8, 4) is 0 Å². The molecule has 1 saturated carbocycles. The first-order valence-electron chi connectivity index (χ1n) is 3.83. The van der Waals surface area contributed by atoms with E-state index in [1.54, 1.807) is 0 Å². The summed E-state index contributed by atoms with van der Waals surface area (Å²) in [5, 5.41) is 15.3. The quantitative estimate of drug-likeness (QED) is 0.565. The van der Waals surface area contributed by atoms with Gasteiger partial charge < -0.3 is 5.11 Å². The molecule has 3 nitrogen and oxygen atoms in total. The molecule has 0 aromatic carbocycles. The van der Waals surface area contributed by atoms with Crippen LogP contribution in [-0.4, -0.2) is 35.0 Å². The van der Waals surface area contributed by atoms with Gasteiger partial charge in [-0.15, -0.1) is 0 Å². The highest BCUT2D eigenvalue weighted by Crippen LogP contribution is 2.26. The molecule has 1 fully saturated rings. The first-order chi connectivity index (χ1) is 4.86. The Morgan fingerprint density at radius 3 is 2.80 bits per heavy atom. The Hall–Kier alpha value is -0.570.